The van der Waals surface area contributed by atoms with Crippen molar-refractivity contribution in [3.05, 3.63) is 71.8 Å². The van der Waals surface area contributed by atoms with Crippen LogP contribution in [0.25, 0.3) is 21.8 Å². The molecule has 0 unspecified atom stereocenters. The number of rotatable bonds is 6. The fourth-order valence-electron chi connectivity index (χ4n) is 4.17. The molecule has 32 heavy (non-hydrogen) atoms. The lowest BCUT2D eigenvalue weighted by molar-refractivity contribution is 0.102. The molecule has 1 heterocycles. The molecule has 0 aliphatic heterocycles. The normalized spacial score (nSPS) is 14.2. The van der Waals surface area contributed by atoms with Crippen LogP contribution in [-0.4, -0.2) is 24.9 Å². The van der Waals surface area contributed by atoms with E-state index in [1.54, 1.807) is 19.1 Å². The first-order valence-corrected chi connectivity index (χ1v) is 12.3. The van der Waals surface area contributed by atoms with Gasteiger partial charge in [0.05, 0.1) is 4.90 Å². The third-order valence-corrected chi connectivity index (χ3v) is 7.53. The average Bonchev–Trinajstić information content (AvgIpc) is 3.52. The van der Waals surface area contributed by atoms with Crippen LogP contribution in [0.15, 0.2) is 65.6 Å². The van der Waals surface area contributed by atoms with Crippen LogP contribution < -0.4 is 10.0 Å². The summed E-state index contributed by atoms with van der Waals surface area (Å²) >= 11 is 0. The Hall–Kier alpha value is -3.16. The van der Waals surface area contributed by atoms with Crippen molar-refractivity contribution in [3.63, 3.8) is 0 Å². The topological polar surface area (TPSA) is 80.2 Å². The third-order valence-electron chi connectivity index (χ3n) is 6.01. The molecule has 3 aromatic carbocycles. The van der Waals surface area contributed by atoms with Gasteiger partial charge in [-0.15, -0.1) is 0 Å². The van der Waals surface area contributed by atoms with Crippen LogP contribution in [0.1, 0.15) is 35.7 Å². The highest BCUT2D eigenvalue weighted by molar-refractivity contribution is 7.89. The van der Waals surface area contributed by atoms with Gasteiger partial charge in [-0.3, -0.25) is 4.79 Å². The molecule has 0 saturated heterocycles. The van der Waals surface area contributed by atoms with Crippen molar-refractivity contribution in [3.8, 4) is 0 Å². The fraction of sp³-hybridized carbons (Fsp3) is 0.240. The van der Waals surface area contributed by atoms with Crippen molar-refractivity contribution in [2.75, 3.05) is 5.32 Å². The van der Waals surface area contributed by atoms with Gasteiger partial charge in [0.15, 0.2) is 0 Å². The van der Waals surface area contributed by atoms with Crippen molar-refractivity contribution in [1.29, 1.82) is 0 Å². The van der Waals surface area contributed by atoms with E-state index in [0.29, 0.717) is 11.3 Å². The van der Waals surface area contributed by atoms with Gasteiger partial charge >= 0.3 is 0 Å². The van der Waals surface area contributed by atoms with E-state index in [-0.39, 0.29) is 16.8 Å². The number of sulfonamides is 1. The largest absolute Gasteiger partial charge is 0.341 e. The Morgan fingerprint density at radius 1 is 1.00 bits per heavy atom. The molecule has 6 nitrogen and oxygen atoms in total. The lowest BCUT2D eigenvalue weighted by Crippen LogP contribution is -2.26. The molecule has 1 aromatic heterocycles. The molecule has 0 atom stereocenters. The summed E-state index contributed by atoms with van der Waals surface area (Å²) < 4.78 is 30.1. The fourth-order valence-corrected chi connectivity index (χ4v) is 5.50. The number of amides is 1. The molecule has 7 heteroatoms. The summed E-state index contributed by atoms with van der Waals surface area (Å²) in [5.41, 5.74) is 4.01. The molecule has 1 aliphatic rings. The van der Waals surface area contributed by atoms with E-state index in [1.165, 1.54) is 6.07 Å². The monoisotopic (exact) mass is 447 g/mol. The first-order chi connectivity index (χ1) is 15.4. The molecule has 2 N–H and O–H groups in total. The quantitative estimate of drug-likeness (QED) is 0.445. The van der Waals surface area contributed by atoms with Gasteiger partial charge in [0.25, 0.3) is 5.91 Å². The van der Waals surface area contributed by atoms with E-state index >= 15 is 0 Å². The van der Waals surface area contributed by atoms with E-state index in [1.807, 2.05) is 30.3 Å². The van der Waals surface area contributed by atoms with Gasteiger partial charge in [0.1, 0.15) is 0 Å². The molecule has 0 spiro atoms. The molecule has 1 aliphatic carbocycles. The zero-order chi connectivity index (χ0) is 22.5. The molecular formula is C25H25N3O3S. The average molecular weight is 448 g/mol. The maximum absolute atomic E-state index is 13.1. The van der Waals surface area contributed by atoms with Crippen molar-refractivity contribution in [2.45, 2.75) is 44.2 Å². The lowest BCUT2D eigenvalue weighted by Gasteiger charge is -2.11. The highest BCUT2D eigenvalue weighted by Gasteiger charge is 2.28. The maximum atomic E-state index is 13.1. The van der Waals surface area contributed by atoms with E-state index in [0.717, 1.165) is 46.8 Å². The van der Waals surface area contributed by atoms with E-state index in [9.17, 15) is 13.2 Å². The second-order valence-electron chi connectivity index (χ2n) is 8.32. The van der Waals surface area contributed by atoms with Crippen LogP contribution in [0.2, 0.25) is 0 Å². The van der Waals surface area contributed by atoms with Gasteiger partial charge < -0.3 is 9.88 Å². The minimum Gasteiger partial charge on any atom is -0.341 e. The first-order valence-electron chi connectivity index (χ1n) is 10.8. The number of benzene rings is 3. The number of aryl methyl sites for hydroxylation is 2. The third kappa shape index (κ3) is 3.67. The van der Waals surface area contributed by atoms with Crippen LogP contribution in [0, 0.1) is 6.92 Å². The molecule has 1 fully saturated rings. The van der Waals surface area contributed by atoms with Crippen molar-refractivity contribution < 1.29 is 13.2 Å². The number of carbonyl (C=O) groups excluding carboxylic acids is 1. The maximum Gasteiger partial charge on any atom is 0.255 e. The van der Waals surface area contributed by atoms with E-state index < -0.39 is 10.0 Å². The summed E-state index contributed by atoms with van der Waals surface area (Å²) in [6, 6.07) is 18.8. The van der Waals surface area contributed by atoms with Crippen LogP contribution >= 0.6 is 0 Å². The van der Waals surface area contributed by atoms with Gasteiger partial charge in [-0.05, 0) is 68.7 Å². The van der Waals surface area contributed by atoms with Crippen LogP contribution in [-0.2, 0) is 16.6 Å². The highest BCUT2D eigenvalue weighted by atomic mass is 32.2. The van der Waals surface area contributed by atoms with E-state index in [4.69, 9.17) is 0 Å². The van der Waals surface area contributed by atoms with Crippen LogP contribution in [0.4, 0.5) is 5.69 Å². The van der Waals surface area contributed by atoms with Crippen LogP contribution in [0.5, 0.6) is 0 Å². The Morgan fingerprint density at radius 3 is 2.50 bits per heavy atom. The number of aromatic nitrogens is 1. The molecular weight excluding hydrogens is 422 g/mol. The number of nitrogens with one attached hydrogen (secondary N) is 2. The minimum absolute atomic E-state index is 0.00978. The summed E-state index contributed by atoms with van der Waals surface area (Å²) in [5.74, 6) is -0.329. The molecule has 1 saturated carbocycles. The van der Waals surface area contributed by atoms with Gasteiger partial charge in [0.2, 0.25) is 10.0 Å². The smallest absolute Gasteiger partial charge is 0.255 e. The van der Waals surface area contributed by atoms with Crippen LogP contribution in [0.3, 0.4) is 0 Å². The summed E-state index contributed by atoms with van der Waals surface area (Å²) in [7, 11) is -3.63. The zero-order valence-electron chi connectivity index (χ0n) is 18.1. The highest BCUT2D eigenvalue weighted by Crippen LogP contribution is 2.31. The number of carbonyl (C=O) groups is 1. The Bertz CT molecular complexity index is 1470. The Labute approximate surface area is 187 Å². The van der Waals surface area contributed by atoms with Crippen molar-refractivity contribution in [1.82, 2.24) is 9.29 Å². The SMILES string of the molecule is CCn1c2ccccc2c2cc(NC(=O)c3cc(S(=O)(=O)NC4CC4)ccc3C)ccc21. The minimum atomic E-state index is -3.63. The molecule has 1 amide bonds. The molecule has 164 valence electrons. The second kappa shape index (κ2) is 7.76. The first kappa shape index (κ1) is 20.7. The van der Waals surface area contributed by atoms with Gasteiger partial charge in [-0.25, -0.2) is 13.1 Å². The van der Waals surface area contributed by atoms with Gasteiger partial charge in [-0.2, -0.15) is 0 Å². The standard InChI is InChI=1S/C25H25N3O3S/c1-3-28-23-7-5-4-6-20(23)22-14-18(11-13-24(22)28)26-25(29)21-15-19(12-8-16(21)2)32(30,31)27-17-9-10-17/h4-8,11-15,17,27H,3,9-10H2,1-2H3,(H,26,29). The predicted octanol–water partition coefficient (Wildman–Crippen LogP) is 4.82. The second-order valence-corrected chi connectivity index (χ2v) is 10.0. The Morgan fingerprint density at radius 2 is 1.75 bits per heavy atom. The molecule has 5 rings (SSSR count). The number of nitrogens with zero attached hydrogens (tertiary/aromatic N) is 1. The van der Waals surface area contributed by atoms with Crippen molar-refractivity contribution in [2.24, 2.45) is 0 Å². The Kier molecular flexibility index (Phi) is 5.03. The summed E-state index contributed by atoms with van der Waals surface area (Å²) in [4.78, 5) is 13.2. The number of hydrogen-bond acceptors (Lipinski definition) is 3. The number of hydrogen-bond donors (Lipinski definition) is 2. The number of para-hydroxylation sites is 1. The van der Waals surface area contributed by atoms with Gasteiger partial charge in [0, 0.05) is 45.6 Å². The van der Waals surface area contributed by atoms with Gasteiger partial charge in [-0.1, -0.05) is 24.3 Å². The molecule has 0 radical (unpaired) electrons. The summed E-state index contributed by atoms with van der Waals surface area (Å²) in [6.45, 7) is 4.77. The summed E-state index contributed by atoms with van der Waals surface area (Å²) in [6.07, 6.45) is 1.71. The number of anilines is 1. The predicted molar refractivity (Wildman–Crippen MR) is 128 cm³/mol. The van der Waals surface area contributed by atoms with Crippen molar-refractivity contribution >= 4 is 43.4 Å². The summed E-state index contributed by atoms with van der Waals surface area (Å²) in [5, 5.41) is 5.16. The Balaban J connectivity index is 1.48. The van der Waals surface area contributed by atoms with E-state index in [2.05, 4.69) is 33.7 Å². The zero-order valence-corrected chi connectivity index (χ0v) is 18.9. The molecule has 4 aromatic rings. The lowest BCUT2D eigenvalue weighted by atomic mass is 10.1. The number of fused-ring (bicyclic) bond motifs is 3. The molecule has 0 bridgehead atoms.